The van der Waals surface area contributed by atoms with Crippen molar-refractivity contribution in [2.24, 2.45) is 7.05 Å². The number of benzene rings is 2. The fraction of sp³-hybridized carbons (Fsp3) is 0.269. The molecular weight excluding hydrogens is 412 g/mol. The number of carbonyl (C=O) groups is 1. The molecule has 33 heavy (non-hydrogen) atoms. The van der Waals surface area contributed by atoms with Crippen LogP contribution in [-0.2, 0) is 19.1 Å². The van der Waals surface area contributed by atoms with Crippen LogP contribution in [0.5, 0.6) is 0 Å². The zero-order chi connectivity index (χ0) is 23.3. The van der Waals surface area contributed by atoms with E-state index in [1.165, 1.54) is 0 Å². The van der Waals surface area contributed by atoms with E-state index in [0.29, 0.717) is 12.1 Å². The third-order valence-corrected chi connectivity index (χ3v) is 6.05. The molecule has 0 bridgehead atoms. The van der Waals surface area contributed by atoms with Gasteiger partial charge in [-0.1, -0.05) is 12.1 Å². The quantitative estimate of drug-likeness (QED) is 0.417. The number of hydrogen-bond acceptors (Lipinski definition) is 3. The Morgan fingerprint density at radius 3 is 2.61 bits per heavy atom. The normalized spacial score (nSPS) is 12.0. The predicted molar refractivity (Wildman–Crippen MR) is 131 cm³/mol. The monoisotopic (exact) mass is 440 g/mol. The van der Waals surface area contributed by atoms with Crippen molar-refractivity contribution in [3.8, 4) is 11.1 Å². The van der Waals surface area contributed by atoms with E-state index in [2.05, 4.69) is 71.5 Å². The topological polar surface area (TPSA) is 80.5 Å². The number of H-pyrrole nitrogens is 1. The molecule has 3 heterocycles. The van der Waals surface area contributed by atoms with Gasteiger partial charge >= 0.3 is 0 Å². The summed E-state index contributed by atoms with van der Waals surface area (Å²) in [5.41, 5.74) is 6.78. The molecule has 0 saturated carbocycles. The number of amides is 1. The first-order valence-electron chi connectivity index (χ1n) is 11.1. The van der Waals surface area contributed by atoms with Crippen LogP contribution in [0.4, 0.5) is 0 Å². The molecule has 1 amide bonds. The van der Waals surface area contributed by atoms with E-state index in [-0.39, 0.29) is 11.4 Å². The maximum atomic E-state index is 12.6. The second kappa shape index (κ2) is 7.62. The van der Waals surface area contributed by atoms with Gasteiger partial charge in [0.15, 0.2) is 0 Å². The van der Waals surface area contributed by atoms with Crippen LogP contribution in [0.25, 0.3) is 33.1 Å². The van der Waals surface area contributed by atoms with Crippen molar-refractivity contribution in [1.82, 2.24) is 29.6 Å². The Hall–Kier alpha value is -3.87. The summed E-state index contributed by atoms with van der Waals surface area (Å²) in [7, 11) is 1.96. The highest BCUT2D eigenvalue weighted by Gasteiger charge is 2.15. The Labute approximate surface area is 192 Å². The lowest BCUT2D eigenvalue weighted by Gasteiger charge is -2.20. The average Bonchev–Trinajstić information content (AvgIpc) is 3.49. The van der Waals surface area contributed by atoms with Crippen LogP contribution in [0.1, 0.15) is 42.6 Å². The number of aryl methyl sites for hydroxylation is 2. The number of rotatable bonds is 4. The summed E-state index contributed by atoms with van der Waals surface area (Å²) < 4.78 is 3.94. The summed E-state index contributed by atoms with van der Waals surface area (Å²) >= 11 is 0. The first kappa shape index (κ1) is 21.0. The average molecular weight is 441 g/mol. The molecule has 0 unspecified atom stereocenters. The molecule has 2 aromatic carbocycles. The molecule has 0 aliphatic rings. The van der Waals surface area contributed by atoms with Crippen molar-refractivity contribution >= 4 is 27.8 Å². The van der Waals surface area contributed by atoms with Gasteiger partial charge < -0.3 is 14.9 Å². The minimum atomic E-state index is -0.112. The highest BCUT2D eigenvalue weighted by Crippen LogP contribution is 2.28. The minimum absolute atomic E-state index is 0.0603. The van der Waals surface area contributed by atoms with Gasteiger partial charge in [0.05, 0.1) is 34.4 Å². The van der Waals surface area contributed by atoms with Crippen LogP contribution in [0.2, 0.25) is 0 Å². The molecule has 168 valence electrons. The van der Waals surface area contributed by atoms with Crippen molar-refractivity contribution in [2.45, 2.75) is 39.8 Å². The van der Waals surface area contributed by atoms with E-state index in [0.717, 1.165) is 44.6 Å². The molecule has 5 aromatic rings. The molecule has 3 aromatic heterocycles. The van der Waals surface area contributed by atoms with Crippen molar-refractivity contribution in [3.05, 3.63) is 71.9 Å². The minimum Gasteiger partial charge on any atom is -0.348 e. The molecular formula is C26H28N6O. The van der Waals surface area contributed by atoms with E-state index >= 15 is 0 Å². The van der Waals surface area contributed by atoms with Gasteiger partial charge in [-0.3, -0.25) is 9.48 Å². The molecule has 7 nitrogen and oxygen atoms in total. The second-order valence-electron chi connectivity index (χ2n) is 9.52. The molecule has 0 aliphatic heterocycles. The summed E-state index contributed by atoms with van der Waals surface area (Å²) in [6.07, 6.45) is 3.81. The van der Waals surface area contributed by atoms with Gasteiger partial charge in [0.2, 0.25) is 0 Å². The van der Waals surface area contributed by atoms with Crippen LogP contribution >= 0.6 is 0 Å². The van der Waals surface area contributed by atoms with E-state index in [4.69, 9.17) is 0 Å². The number of aromatic amines is 1. The van der Waals surface area contributed by atoms with Crippen LogP contribution in [-0.4, -0.2) is 30.2 Å². The van der Waals surface area contributed by atoms with Crippen LogP contribution < -0.4 is 5.32 Å². The molecule has 0 spiro atoms. The standard InChI is InChI=1S/C26H28N6O/c1-16-20-12-17(7-9-23(20)31(5)30-16)18-6-8-21-22(13-18)29-24(28-21)14-27-25(33)19-10-11-32(15-19)26(2,3)4/h6-13,15H,14H2,1-5H3,(H,27,33)(H,28,29). The molecule has 5 rings (SSSR count). The highest BCUT2D eigenvalue weighted by molar-refractivity contribution is 5.94. The molecule has 0 atom stereocenters. The zero-order valence-corrected chi connectivity index (χ0v) is 19.6. The first-order chi connectivity index (χ1) is 15.7. The van der Waals surface area contributed by atoms with E-state index in [1.807, 2.05) is 47.7 Å². The summed E-state index contributed by atoms with van der Waals surface area (Å²) in [4.78, 5) is 20.6. The Kier molecular flexibility index (Phi) is 4.85. The van der Waals surface area contributed by atoms with Gasteiger partial charge in [-0.15, -0.1) is 0 Å². The number of hydrogen-bond donors (Lipinski definition) is 2. The van der Waals surface area contributed by atoms with Crippen LogP contribution in [0.15, 0.2) is 54.9 Å². The largest absolute Gasteiger partial charge is 0.348 e. The van der Waals surface area contributed by atoms with Crippen molar-refractivity contribution in [2.75, 3.05) is 0 Å². The lowest BCUT2D eigenvalue weighted by atomic mass is 10.0. The fourth-order valence-corrected chi connectivity index (χ4v) is 4.16. The number of imidazole rings is 1. The molecule has 2 N–H and O–H groups in total. The van der Waals surface area contributed by atoms with Crippen LogP contribution in [0.3, 0.4) is 0 Å². The molecule has 0 aliphatic carbocycles. The maximum absolute atomic E-state index is 12.6. The molecule has 0 radical (unpaired) electrons. The Morgan fingerprint density at radius 1 is 1.09 bits per heavy atom. The molecule has 7 heteroatoms. The zero-order valence-electron chi connectivity index (χ0n) is 19.6. The Balaban J connectivity index is 1.35. The number of aromatic nitrogens is 5. The van der Waals surface area contributed by atoms with Crippen molar-refractivity contribution in [1.29, 1.82) is 0 Å². The third kappa shape index (κ3) is 3.91. The number of nitrogens with zero attached hydrogens (tertiary/aromatic N) is 4. The SMILES string of the molecule is Cc1nn(C)c2ccc(-c3ccc4nc(CNC(=O)c5ccn(C(C)(C)C)c5)[nH]c4c3)cc12. The Bertz CT molecular complexity index is 1490. The summed E-state index contributed by atoms with van der Waals surface area (Å²) in [6.45, 7) is 8.68. The Morgan fingerprint density at radius 2 is 1.85 bits per heavy atom. The van der Waals surface area contributed by atoms with E-state index in [9.17, 15) is 4.79 Å². The summed E-state index contributed by atoms with van der Waals surface area (Å²) in [5, 5.41) is 8.63. The third-order valence-electron chi connectivity index (χ3n) is 6.05. The maximum Gasteiger partial charge on any atom is 0.253 e. The number of carbonyl (C=O) groups excluding carboxylic acids is 1. The van der Waals surface area contributed by atoms with Crippen molar-refractivity contribution in [3.63, 3.8) is 0 Å². The van der Waals surface area contributed by atoms with E-state index in [1.54, 1.807) is 0 Å². The second-order valence-corrected chi connectivity index (χ2v) is 9.52. The van der Waals surface area contributed by atoms with E-state index < -0.39 is 0 Å². The lowest BCUT2D eigenvalue weighted by Crippen LogP contribution is -2.24. The predicted octanol–water partition coefficient (Wildman–Crippen LogP) is 4.91. The van der Waals surface area contributed by atoms with Gasteiger partial charge in [-0.25, -0.2) is 4.98 Å². The van der Waals surface area contributed by atoms with Gasteiger partial charge in [0.25, 0.3) is 5.91 Å². The van der Waals surface area contributed by atoms with Gasteiger partial charge in [0.1, 0.15) is 5.82 Å². The summed E-state index contributed by atoms with van der Waals surface area (Å²) in [6, 6.07) is 14.4. The molecule has 0 saturated heterocycles. The van der Waals surface area contributed by atoms with Gasteiger partial charge in [-0.2, -0.15) is 5.10 Å². The highest BCUT2D eigenvalue weighted by atomic mass is 16.1. The number of fused-ring (bicyclic) bond motifs is 2. The van der Waals surface area contributed by atoms with Gasteiger partial charge in [0, 0.05) is 30.4 Å². The number of nitrogens with one attached hydrogen (secondary N) is 2. The summed E-state index contributed by atoms with van der Waals surface area (Å²) in [5.74, 6) is 0.614. The van der Waals surface area contributed by atoms with Crippen LogP contribution in [0, 0.1) is 6.92 Å². The lowest BCUT2D eigenvalue weighted by molar-refractivity contribution is 0.0950. The molecule has 0 fully saturated rings. The first-order valence-corrected chi connectivity index (χ1v) is 11.1. The smallest absolute Gasteiger partial charge is 0.253 e. The fourth-order valence-electron chi connectivity index (χ4n) is 4.16. The van der Waals surface area contributed by atoms with Crippen molar-refractivity contribution < 1.29 is 4.79 Å². The van der Waals surface area contributed by atoms with Gasteiger partial charge in [-0.05, 0) is 69.2 Å².